The summed E-state index contributed by atoms with van der Waals surface area (Å²) in [5.74, 6) is 1.14. The van der Waals surface area contributed by atoms with Crippen molar-refractivity contribution < 1.29 is 9.90 Å². The molecule has 5 heteroatoms. The predicted molar refractivity (Wildman–Crippen MR) is 107 cm³/mol. The van der Waals surface area contributed by atoms with Gasteiger partial charge in [-0.05, 0) is 30.0 Å². The van der Waals surface area contributed by atoms with Gasteiger partial charge in [0.25, 0.3) is 0 Å². The highest BCUT2D eigenvalue weighted by molar-refractivity contribution is 7.99. The monoisotopic (exact) mass is 371 g/mol. The quantitative estimate of drug-likeness (QED) is 0.656. The summed E-state index contributed by atoms with van der Waals surface area (Å²) in [4.78, 5) is 12.9. The molecule has 1 aromatic heterocycles. The van der Waals surface area contributed by atoms with E-state index >= 15 is 0 Å². The molecule has 25 heavy (non-hydrogen) atoms. The lowest BCUT2D eigenvalue weighted by Crippen LogP contribution is -2.38. The molecule has 0 aliphatic heterocycles. The third kappa shape index (κ3) is 4.84. The fourth-order valence-electron chi connectivity index (χ4n) is 2.49. The summed E-state index contributed by atoms with van der Waals surface area (Å²) in [6, 6.07) is 20.1. The van der Waals surface area contributed by atoms with E-state index in [9.17, 15) is 9.90 Å². The Morgan fingerprint density at radius 3 is 2.64 bits per heavy atom. The third-order valence-corrected chi connectivity index (χ3v) is 6.30. The molecule has 0 aliphatic rings. The number of amides is 1. The minimum absolute atomic E-state index is 0.0534. The van der Waals surface area contributed by atoms with Gasteiger partial charge in [0.15, 0.2) is 0 Å². The summed E-state index contributed by atoms with van der Waals surface area (Å²) >= 11 is 3.14. The Bertz CT molecular complexity index is 810. The van der Waals surface area contributed by atoms with Gasteiger partial charge < -0.3 is 10.4 Å². The Kier molecular flexibility index (Phi) is 5.78. The number of benzene rings is 2. The summed E-state index contributed by atoms with van der Waals surface area (Å²) in [5.41, 5.74) is 0.140. The summed E-state index contributed by atoms with van der Waals surface area (Å²) in [6.07, 6.45) is 0. The Morgan fingerprint density at radius 2 is 1.88 bits per heavy atom. The second kappa shape index (κ2) is 8.04. The number of carbonyl (C=O) groups is 1. The molecular formula is C20H21NO2S2. The van der Waals surface area contributed by atoms with Gasteiger partial charge in [0.2, 0.25) is 5.91 Å². The number of hydrogen-bond acceptors (Lipinski definition) is 4. The van der Waals surface area contributed by atoms with Crippen molar-refractivity contribution >= 4 is 39.1 Å². The molecule has 2 aromatic carbocycles. The molecule has 3 rings (SSSR count). The van der Waals surface area contributed by atoms with Gasteiger partial charge in [-0.15, -0.1) is 23.1 Å². The predicted octanol–water partition coefficient (Wildman–Crippen LogP) is 4.16. The van der Waals surface area contributed by atoms with Crippen LogP contribution in [0.1, 0.15) is 17.4 Å². The fraction of sp³-hybridized carbons (Fsp3) is 0.250. The SMILES string of the molecule is CC(O)(CNC(=O)CSCc1ccccc1)c1cc2ccccc2s1. The topological polar surface area (TPSA) is 49.3 Å². The Hall–Kier alpha value is -1.82. The van der Waals surface area contributed by atoms with Crippen LogP contribution in [0.25, 0.3) is 10.1 Å². The lowest BCUT2D eigenvalue weighted by molar-refractivity contribution is -0.119. The first-order valence-corrected chi connectivity index (χ1v) is 10.1. The molecule has 0 radical (unpaired) electrons. The van der Waals surface area contributed by atoms with Crippen molar-refractivity contribution in [2.24, 2.45) is 0 Å². The van der Waals surface area contributed by atoms with E-state index in [2.05, 4.69) is 17.4 Å². The molecule has 130 valence electrons. The standard InChI is InChI=1S/C20H21NO2S2/c1-20(23,18-11-16-9-5-6-10-17(16)25-18)14-21-19(22)13-24-12-15-7-3-2-4-8-15/h2-11,23H,12-14H2,1H3,(H,21,22). The summed E-state index contributed by atoms with van der Waals surface area (Å²) < 4.78 is 1.14. The van der Waals surface area contributed by atoms with E-state index in [4.69, 9.17) is 0 Å². The fourth-order valence-corrected chi connectivity index (χ4v) is 4.42. The highest BCUT2D eigenvalue weighted by atomic mass is 32.2. The second-order valence-corrected chi connectivity index (χ2v) is 8.25. The zero-order valence-corrected chi connectivity index (χ0v) is 15.7. The van der Waals surface area contributed by atoms with Gasteiger partial charge >= 0.3 is 0 Å². The third-order valence-electron chi connectivity index (χ3n) is 3.93. The molecular weight excluding hydrogens is 350 g/mol. The molecule has 1 unspecified atom stereocenters. The van der Waals surface area contributed by atoms with E-state index in [0.717, 1.165) is 20.7 Å². The van der Waals surface area contributed by atoms with Crippen LogP contribution < -0.4 is 5.32 Å². The summed E-state index contributed by atoms with van der Waals surface area (Å²) in [5, 5.41) is 14.7. The van der Waals surface area contributed by atoms with Gasteiger partial charge in [0.05, 0.1) is 12.3 Å². The van der Waals surface area contributed by atoms with E-state index in [1.165, 1.54) is 5.56 Å². The van der Waals surface area contributed by atoms with Gasteiger partial charge in [-0.3, -0.25) is 4.79 Å². The maximum atomic E-state index is 12.0. The van der Waals surface area contributed by atoms with Crippen LogP contribution in [-0.2, 0) is 16.1 Å². The van der Waals surface area contributed by atoms with Gasteiger partial charge in [-0.1, -0.05) is 48.5 Å². The molecule has 2 N–H and O–H groups in total. The lowest BCUT2D eigenvalue weighted by atomic mass is 10.0. The van der Waals surface area contributed by atoms with Crippen LogP contribution >= 0.6 is 23.1 Å². The number of thiophene rings is 1. The number of aliphatic hydroxyl groups is 1. The van der Waals surface area contributed by atoms with Crippen molar-refractivity contribution in [2.75, 3.05) is 12.3 Å². The zero-order chi connectivity index (χ0) is 17.7. The number of hydrogen-bond donors (Lipinski definition) is 2. The first-order chi connectivity index (χ1) is 12.0. The van der Waals surface area contributed by atoms with E-state index in [-0.39, 0.29) is 12.5 Å². The molecule has 3 nitrogen and oxygen atoms in total. The van der Waals surface area contributed by atoms with E-state index in [1.807, 2.05) is 48.5 Å². The van der Waals surface area contributed by atoms with Gasteiger partial charge in [-0.25, -0.2) is 0 Å². The molecule has 0 bridgehead atoms. The average Bonchev–Trinajstić information content (AvgIpc) is 3.06. The Balaban J connectivity index is 1.50. The normalized spacial score (nSPS) is 13.5. The zero-order valence-electron chi connectivity index (χ0n) is 14.1. The molecule has 0 aliphatic carbocycles. The van der Waals surface area contributed by atoms with Crippen LogP contribution in [0.5, 0.6) is 0 Å². The molecule has 0 fully saturated rings. The lowest BCUT2D eigenvalue weighted by Gasteiger charge is -2.22. The summed E-state index contributed by atoms with van der Waals surface area (Å²) in [7, 11) is 0. The minimum atomic E-state index is -1.07. The van der Waals surface area contributed by atoms with Gasteiger partial charge in [0.1, 0.15) is 5.60 Å². The van der Waals surface area contributed by atoms with Crippen LogP contribution in [0, 0.1) is 0 Å². The van der Waals surface area contributed by atoms with Crippen molar-refractivity contribution in [2.45, 2.75) is 18.3 Å². The van der Waals surface area contributed by atoms with Crippen molar-refractivity contribution in [3.63, 3.8) is 0 Å². The van der Waals surface area contributed by atoms with Crippen LogP contribution in [0.2, 0.25) is 0 Å². The average molecular weight is 372 g/mol. The van der Waals surface area contributed by atoms with Crippen molar-refractivity contribution in [3.05, 3.63) is 71.1 Å². The maximum absolute atomic E-state index is 12.0. The first kappa shape index (κ1) is 18.0. The highest BCUT2D eigenvalue weighted by Gasteiger charge is 2.26. The van der Waals surface area contributed by atoms with Crippen LogP contribution in [0.15, 0.2) is 60.7 Å². The van der Waals surface area contributed by atoms with Crippen molar-refractivity contribution in [3.8, 4) is 0 Å². The van der Waals surface area contributed by atoms with Gasteiger partial charge in [-0.2, -0.15) is 0 Å². The number of nitrogens with one attached hydrogen (secondary N) is 1. The Labute approximate surface area is 156 Å². The van der Waals surface area contributed by atoms with Gasteiger partial charge in [0, 0.05) is 15.3 Å². The Morgan fingerprint density at radius 1 is 1.16 bits per heavy atom. The van der Waals surface area contributed by atoms with Crippen LogP contribution in [0.4, 0.5) is 0 Å². The number of fused-ring (bicyclic) bond motifs is 1. The largest absolute Gasteiger partial charge is 0.383 e. The molecule has 0 saturated carbocycles. The van der Waals surface area contributed by atoms with E-state index in [0.29, 0.717) is 5.75 Å². The molecule has 1 atom stereocenters. The number of carbonyl (C=O) groups excluding carboxylic acids is 1. The van der Waals surface area contributed by atoms with Crippen LogP contribution in [0.3, 0.4) is 0 Å². The van der Waals surface area contributed by atoms with E-state index < -0.39 is 5.60 Å². The number of thioether (sulfide) groups is 1. The molecule has 0 spiro atoms. The highest BCUT2D eigenvalue weighted by Crippen LogP contribution is 2.32. The van der Waals surface area contributed by atoms with Crippen LogP contribution in [-0.4, -0.2) is 23.3 Å². The van der Waals surface area contributed by atoms with Crippen molar-refractivity contribution in [1.29, 1.82) is 0 Å². The number of rotatable bonds is 7. The summed E-state index contributed by atoms with van der Waals surface area (Å²) in [6.45, 7) is 1.96. The molecule has 1 heterocycles. The molecule has 1 amide bonds. The first-order valence-electron chi connectivity index (χ1n) is 8.14. The minimum Gasteiger partial charge on any atom is -0.383 e. The van der Waals surface area contributed by atoms with Crippen molar-refractivity contribution in [1.82, 2.24) is 5.32 Å². The maximum Gasteiger partial charge on any atom is 0.230 e. The van der Waals surface area contributed by atoms with E-state index in [1.54, 1.807) is 30.0 Å². The molecule has 0 saturated heterocycles. The molecule has 3 aromatic rings. The smallest absolute Gasteiger partial charge is 0.230 e. The second-order valence-electron chi connectivity index (χ2n) is 6.18.